The smallest absolute Gasteiger partial charge is 0.0971 e. The second kappa shape index (κ2) is 12.5. The van der Waals surface area contributed by atoms with Crippen LogP contribution >= 0.6 is 0 Å². The number of rotatable bonds is 4. The van der Waals surface area contributed by atoms with Gasteiger partial charge in [0, 0.05) is 39.6 Å². The van der Waals surface area contributed by atoms with Gasteiger partial charge < -0.3 is 4.57 Å². The lowest BCUT2D eigenvalue weighted by Gasteiger charge is -2.13. The van der Waals surface area contributed by atoms with Gasteiger partial charge in [0.1, 0.15) is 0 Å². The number of aromatic nitrogens is 3. The summed E-state index contributed by atoms with van der Waals surface area (Å²) < 4.78 is 2.44. The van der Waals surface area contributed by atoms with Crippen molar-refractivity contribution in [2.24, 2.45) is 0 Å². The van der Waals surface area contributed by atoms with Gasteiger partial charge in [0.15, 0.2) is 0 Å². The molecule has 0 saturated heterocycles. The summed E-state index contributed by atoms with van der Waals surface area (Å²) in [5.74, 6) is 0. The Balaban J connectivity index is 1.08. The molecule has 0 aliphatic carbocycles. The average molecular weight is 724 g/mol. The van der Waals surface area contributed by atoms with Crippen molar-refractivity contribution in [1.82, 2.24) is 14.5 Å². The molecule has 0 N–H and O–H groups in total. The van der Waals surface area contributed by atoms with E-state index in [1.54, 1.807) is 12.4 Å². The van der Waals surface area contributed by atoms with Crippen molar-refractivity contribution in [2.75, 3.05) is 0 Å². The van der Waals surface area contributed by atoms with Crippen molar-refractivity contribution in [3.63, 3.8) is 0 Å². The van der Waals surface area contributed by atoms with Crippen molar-refractivity contribution >= 4 is 75.9 Å². The molecule has 3 heteroatoms. The summed E-state index contributed by atoms with van der Waals surface area (Å²) in [4.78, 5) is 9.52. The van der Waals surface area contributed by atoms with Crippen LogP contribution in [0.5, 0.6) is 0 Å². The lowest BCUT2D eigenvalue weighted by molar-refractivity contribution is 1.18. The van der Waals surface area contributed by atoms with E-state index in [9.17, 15) is 0 Å². The van der Waals surface area contributed by atoms with Gasteiger partial charge in [-0.05, 0) is 108 Å². The summed E-state index contributed by atoms with van der Waals surface area (Å²) in [5.41, 5.74) is 12.6. The minimum atomic E-state index is 0.933. The second-order valence-electron chi connectivity index (χ2n) is 15.0. The number of fused-ring (bicyclic) bond motifs is 11. The maximum absolute atomic E-state index is 4.78. The first-order chi connectivity index (χ1) is 28.3. The third kappa shape index (κ3) is 4.92. The fourth-order valence-electron chi connectivity index (χ4n) is 9.23. The monoisotopic (exact) mass is 723 g/mol. The highest BCUT2D eigenvalue weighted by Crippen LogP contribution is 2.41. The summed E-state index contributed by atoms with van der Waals surface area (Å²) in [6.07, 6.45) is 3.57. The van der Waals surface area contributed by atoms with Crippen molar-refractivity contribution in [2.45, 2.75) is 0 Å². The van der Waals surface area contributed by atoms with E-state index in [0.717, 1.165) is 38.6 Å². The van der Waals surface area contributed by atoms with Gasteiger partial charge in [0.05, 0.1) is 22.1 Å². The van der Waals surface area contributed by atoms with E-state index in [-0.39, 0.29) is 0 Å². The van der Waals surface area contributed by atoms with Gasteiger partial charge in [0.2, 0.25) is 0 Å². The molecular weight excluding hydrogens is 691 g/mol. The van der Waals surface area contributed by atoms with Crippen LogP contribution in [0.1, 0.15) is 0 Å². The highest BCUT2D eigenvalue weighted by atomic mass is 15.0. The molecule has 0 atom stereocenters. The number of nitrogens with zero attached hydrogens (tertiary/aromatic N) is 3. The molecule has 2 heterocycles. The van der Waals surface area contributed by atoms with Crippen LogP contribution in [-0.4, -0.2) is 14.5 Å². The van der Waals surface area contributed by atoms with E-state index >= 15 is 0 Å². The molecule has 3 nitrogen and oxygen atoms in total. The quantitative estimate of drug-likeness (QED) is 0.169. The minimum Gasteiger partial charge on any atom is -0.309 e. The van der Waals surface area contributed by atoms with Crippen LogP contribution in [0.4, 0.5) is 0 Å². The van der Waals surface area contributed by atoms with Crippen molar-refractivity contribution in [3.05, 3.63) is 200 Å². The molecule has 0 amide bonds. The first kappa shape index (κ1) is 31.7. The molecule has 2 aromatic heterocycles. The van der Waals surface area contributed by atoms with Crippen molar-refractivity contribution < 1.29 is 0 Å². The van der Waals surface area contributed by atoms with Crippen LogP contribution in [0, 0.1) is 0 Å². The lowest BCUT2D eigenvalue weighted by Crippen LogP contribution is -1.95. The summed E-state index contributed by atoms with van der Waals surface area (Å²) in [6, 6.07) is 68.8. The Bertz CT molecular complexity index is 3410. The van der Waals surface area contributed by atoms with Crippen molar-refractivity contribution in [3.8, 4) is 39.1 Å². The number of benzene rings is 10. The van der Waals surface area contributed by atoms with Gasteiger partial charge in [-0.1, -0.05) is 146 Å². The molecule has 12 aromatic rings. The fraction of sp³-hybridized carbons (Fsp3) is 0. The first-order valence-electron chi connectivity index (χ1n) is 19.5. The van der Waals surface area contributed by atoms with E-state index in [0.29, 0.717) is 0 Å². The highest BCUT2D eigenvalue weighted by molar-refractivity contribution is 6.23. The van der Waals surface area contributed by atoms with Crippen LogP contribution < -0.4 is 0 Å². The molecule has 0 fully saturated rings. The highest BCUT2D eigenvalue weighted by Gasteiger charge is 2.17. The predicted octanol–water partition coefficient (Wildman–Crippen LogP) is 14.3. The molecule has 0 saturated carbocycles. The molecule has 0 radical (unpaired) electrons. The van der Waals surface area contributed by atoms with Crippen LogP contribution in [0.3, 0.4) is 0 Å². The van der Waals surface area contributed by atoms with Gasteiger partial charge in [-0.15, -0.1) is 0 Å². The van der Waals surface area contributed by atoms with Crippen molar-refractivity contribution in [1.29, 1.82) is 0 Å². The zero-order valence-electron chi connectivity index (χ0n) is 30.9. The molecular formula is C54H33N3. The van der Waals surface area contributed by atoms with Gasteiger partial charge in [-0.2, -0.15) is 0 Å². The molecule has 0 unspecified atom stereocenters. The summed E-state index contributed by atoms with van der Waals surface area (Å²) in [6.45, 7) is 0. The standard InChI is InChI=1S/C54H33N3/c1-3-16-41-34(10-1)12-8-20-43(41)38-23-26-51-49(32-38)50-33-39(44-21-9-13-35-11-2-4-17-42(35)44)24-27-52(50)57(51)40-15-7-14-36(30-40)37-22-25-47-48(31-37)45-18-5-6-19-46(45)53-54(47)56-29-28-55-53/h1-33H. The zero-order valence-corrected chi connectivity index (χ0v) is 30.9. The Morgan fingerprint density at radius 2 is 0.772 bits per heavy atom. The molecule has 12 rings (SSSR count). The fourth-order valence-corrected chi connectivity index (χ4v) is 9.23. The van der Waals surface area contributed by atoms with Crippen LogP contribution in [-0.2, 0) is 0 Å². The van der Waals surface area contributed by atoms with Gasteiger partial charge in [-0.3, -0.25) is 9.97 Å². The third-order valence-electron chi connectivity index (χ3n) is 11.8. The molecule has 57 heavy (non-hydrogen) atoms. The van der Waals surface area contributed by atoms with E-state index in [1.807, 2.05) is 0 Å². The topological polar surface area (TPSA) is 30.7 Å². The molecule has 0 spiro atoms. The Morgan fingerprint density at radius 1 is 0.298 bits per heavy atom. The molecule has 10 aromatic carbocycles. The average Bonchev–Trinajstić information content (AvgIpc) is 3.61. The summed E-state index contributed by atoms with van der Waals surface area (Å²) >= 11 is 0. The van der Waals surface area contributed by atoms with Crippen LogP contribution in [0.25, 0.3) is 115 Å². The van der Waals surface area contributed by atoms with Gasteiger partial charge in [0.25, 0.3) is 0 Å². The van der Waals surface area contributed by atoms with Crippen LogP contribution in [0.2, 0.25) is 0 Å². The van der Waals surface area contributed by atoms with E-state index < -0.39 is 0 Å². The second-order valence-corrected chi connectivity index (χ2v) is 15.0. The molecule has 264 valence electrons. The van der Waals surface area contributed by atoms with E-state index in [2.05, 4.69) is 193 Å². The normalized spacial score (nSPS) is 11.9. The molecule has 0 aliphatic rings. The Hall–Kier alpha value is -7.62. The maximum Gasteiger partial charge on any atom is 0.0971 e. The van der Waals surface area contributed by atoms with Crippen LogP contribution in [0.15, 0.2) is 200 Å². The lowest BCUT2D eigenvalue weighted by atomic mass is 9.95. The summed E-state index contributed by atoms with van der Waals surface area (Å²) in [5, 5.41) is 12.1. The Labute approximate surface area is 328 Å². The van der Waals surface area contributed by atoms with Gasteiger partial charge in [-0.25, -0.2) is 0 Å². The zero-order chi connectivity index (χ0) is 37.5. The van der Waals surface area contributed by atoms with Gasteiger partial charge >= 0.3 is 0 Å². The maximum atomic E-state index is 4.78. The molecule has 0 bridgehead atoms. The third-order valence-corrected chi connectivity index (χ3v) is 11.8. The first-order valence-corrected chi connectivity index (χ1v) is 19.5. The largest absolute Gasteiger partial charge is 0.309 e. The Kier molecular flexibility index (Phi) is 6.93. The Morgan fingerprint density at radius 3 is 1.40 bits per heavy atom. The summed E-state index contributed by atoms with van der Waals surface area (Å²) in [7, 11) is 0. The SMILES string of the molecule is c1cc(-c2ccc3c(c2)c2ccccc2c2nccnc32)cc(-n2c3ccc(-c4cccc5ccccc45)cc3c3cc(-c4cccc5ccccc45)ccc32)c1. The van der Waals surface area contributed by atoms with E-state index in [1.165, 1.54) is 76.4 Å². The number of hydrogen-bond acceptors (Lipinski definition) is 2. The number of hydrogen-bond donors (Lipinski definition) is 0. The molecule has 0 aliphatic heterocycles. The minimum absolute atomic E-state index is 0.933. The van der Waals surface area contributed by atoms with E-state index in [4.69, 9.17) is 9.97 Å². The predicted molar refractivity (Wildman–Crippen MR) is 240 cm³/mol.